The molecule has 0 fully saturated rings. The van der Waals surface area contributed by atoms with Crippen LogP contribution in [0, 0.1) is 0 Å². The first-order valence-electron chi connectivity index (χ1n) is 5.67. The lowest BCUT2D eigenvalue weighted by Crippen LogP contribution is -2.14. The Kier molecular flexibility index (Phi) is 4.22. The van der Waals surface area contributed by atoms with E-state index in [0.29, 0.717) is 11.3 Å². The van der Waals surface area contributed by atoms with Crippen LogP contribution < -0.4 is 11.1 Å². The lowest BCUT2D eigenvalue weighted by molar-refractivity contribution is 0.102. The summed E-state index contributed by atoms with van der Waals surface area (Å²) in [5, 5.41) is 12.3. The van der Waals surface area contributed by atoms with Crippen molar-refractivity contribution in [2.24, 2.45) is 5.73 Å². The maximum Gasteiger partial charge on any atom is 0.257 e. The van der Waals surface area contributed by atoms with Crippen LogP contribution in [0.1, 0.15) is 15.9 Å². The summed E-state index contributed by atoms with van der Waals surface area (Å²) in [6.07, 6.45) is 0. The van der Waals surface area contributed by atoms with E-state index in [1.807, 2.05) is 0 Å². The topological polar surface area (TPSA) is 75.3 Å². The van der Waals surface area contributed by atoms with E-state index in [9.17, 15) is 9.90 Å². The summed E-state index contributed by atoms with van der Waals surface area (Å²) in [6.45, 7) is 0. The molecule has 0 unspecified atom stereocenters. The Morgan fingerprint density at radius 3 is 2.70 bits per heavy atom. The molecule has 102 valence electrons. The van der Waals surface area contributed by atoms with E-state index in [0.717, 1.165) is 0 Å². The standard InChI is InChI=1S/C14H11ClN2O2S/c15-12-5-4-10(18)7-11(12)14(19)17-9-3-1-2-8(6-9)13(16)20/h1-7,18H,(H2,16,20)(H,17,19). The summed E-state index contributed by atoms with van der Waals surface area (Å²) < 4.78 is 0. The summed E-state index contributed by atoms with van der Waals surface area (Å²) in [5.41, 5.74) is 6.91. The van der Waals surface area contributed by atoms with Crippen molar-refractivity contribution in [1.82, 2.24) is 0 Å². The number of amides is 1. The highest BCUT2D eigenvalue weighted by molar-refractivity contribution is 7.80. The third-order valence-corrected chi connectivity index (χ3v) is 3.16. The smallest absolute Gasteiger partial charge is 0.257 e. The highest BCUT2D eigenvalue weighted by atomic mass is 35.5. The monoisotopic (exact) mass is 306 g/mol. The summed E-state index contributed by atoms with van der Waals surface area (Å²) in [5.74, 6) is -0.456. The Hall–Kier alpha value is -2.11. The second-order valence-corrected chi connectivity index (χ2v) is 4.91. The fourth-order valence-electron chi connectivity index (χ4n) is 1.64. The van der Waals surface area contributed by atoms with Gasteiger partial charge >= 0.3 is 0 Å². The van der Waals surface area contributed by atoms with Crippen molar-refractivity contribution in [3.63, 3.8) is 0 Å². The van der Waals surface area contributed by atoms with Gasteiger partial charge in [-0.15, -0.1) is 0 Å². The minimum absolute atomic E-state index is 0.0311. The van der Waals surface area contributed by atoms with E-state index < -0.39 is 5.91 Å². The van der Waals surface area contributed by atoms with Crippen LogP contribution in [-0.4, -0.2) is 16.0 Å². The van der Waals surface area contributed by atoms with Crippen molar-refractivity contribution in [2.75, 3.05) is 5.32 Å². The molecule has 4 N–H and O–H groups in total. The minimum Gasteiger partial charge on any atom is -0.508 e. The van der Waals surface area contributed by atoms with Gasteiger partial charge in [0.1, 0.15) is 10.7 Å². The van der Waals surface area contributed by atoms with Gasteiger partial charge in [-0.3, -0.25) is 4.79 Å². The number of rotatable bonds is 3. The fourth-order valence-corrected chi connectivity index (χ4v) is 1.97. The van der Waals surface area contributed by atoms with Crippen LogP contribution in [-0.2, 0) is 0 Å². The normalized spacial score (nSPS) is 10.1. The van der Waals surface area contributed by atoms with Crippen LogP contribution in [0.4, 0.5) is 5.69 Å². The number of hydrogen-bond donors (Lipinski definition) is 3. The van der Waals surface area contributed by atoms with Gasteiger partial charge in [0.05, 0.1) is 10.6 Å². The SMILES string of the molecule is NC(=S)c1cccc(NC(=O)c2cc(O)ccc2Cl)c1. The van der Waals surface area contributed by atoms with Crippen LogP contribution in [0.5, 0.6) is 5.75 Å². The second kappa shape index (κ2) is 5.90. The maximum absolute atomic E-state index is 12.1. The van der Waals surface area contributed by atoms with E-state index >= 15 is 0 Å². The Labute approximate surface area is 126 Å². The van der Waals surface area contributed by atoms with Gasteiger partial charge < -0.3 is 16.2 Å². The molecule has 4 nitrogen and oxygen atoms in total. The molecule has 0 aliphatic heterocycles. The minimum atomic E-state index is -0.425. The average molecular weight is 307 g/mol. The zero-order valence-electron chi connectivity index (χ0n) is 10.3. The molecule has 0 aliphatic carbocycles. The second-order valence-electron chi connectivity index (χ2n) is 4.06. The lowest BCUT2D eigenvalue weighted by atomic mass is 10.1. The van der Waals surface area contributed by atoms with Crippen molar-refractivity contribution in [1.29, 1.82) is 0 Å². The summed E-state index contributed by atoms with van der Waals surface area (Å²) >= 11 is 10.8. The summed E-state index contributed by atoms with van der Waals surface area (Å²) in [6, 6.07) is 11.0. The number of nitrogens with two attached hydrogens (primary N) is 1. The van der Waals surface area contributed by atoms with Crippen LogP contribution in [0.25, 0.3) is 0 Å². The maximum atomic E-state index is 12.1. The Balaban J connectivity index is 2.25. The summed E-state index contributed by atoms with van der Waals surface area (Å²) in [4.78, 5) is 12.3. The molecule has 0 aliphatic rings. The van der Waals surface area contributed by atoms with Crippen LogP contribution in [0.3, 0.4) is 0 Å². The molecule has 0 heterocycles. The first kappa shape index (κ1) is 14.3. The molecule has 6 heteroatoms. The van der Waals surface area contributed by atoms with Crippen molar-refractivity contribution in [2.45, 2.75) is 0 Å². The van der Waals surface area contributed by atoms with Crippen LogP contribution in [0.15, 0.2) is 42.5 Å². The Bertz CT molecular complexity index is 689. The quantitative estimate of drug-likeness (QED) is 0.762. The number of hydrogen-bond acceptors (Lipinski definition) is 3. The lowest BCUT2D eigenvalue weighted by Gasteiger charge is -2.08. The van der Waals surface area contributed by atoms with Gasteiger partial charge in [0.2, 0.25) is 0 Å². The molecule has 0 aromatic heterocycles. The molecule has 2 aromatic rings. The van der Waals surface area contributed by atoms with Gasteiger partial charge in [0.15, 0.2) is 0 Å². The molecule has 0 radical (unpaired) electrons. The number of carbonyl (C=O) groups excluding carboxylic acids is 1. The van der Waals surface area contributed by atoms with Gasteiger partial charge in [-0.2, -0.15) is 0 Å². The predicted octanol–water partition coefficient (Wildman–Crippen LogP) is 2.93. The third-order valence-electron chi connectivity index (χ3n) is 2.60. The van der Waals surface area contributed by atoms with Gasteiger partial charge in [0, 0.05) is 11.3 Å². The molecular weight excluding hydrogens is 296 g/mol. The number of phenols is 1. The highest BCUT2D eigenvalue weighted by Gasteiger charge is 2.12. The Morgan fingerprint density at radius 1 is 1.25 bits per heavy atom. The molecule has 20 heavy (non-hydrogen) atoms. The van der Waals surface area contributed by atoms with Crippen molar-refractivity contribution < 1.29 is 9.90 Å². The number of carbonyl (C=O) groups is 1. The number of thiocarbonyl (C=S) groups is 1. The van der Waals surface area contributed by atoms with Crippen molar-refractivity contribution in [3.8, 4) is 5.75 Å². The van der Waals surface area contributed by atoms with Crippen LogP contribution >= 0.6 is 23.8 Å². The zero-order chi connectivity index (χ0) is 14.7. The Morgan fingerprint density at radius 2 is 2.00 bits per heavy atom. The first-order chi connectivity index (χ1) is 9.47. The van der Waals surface area contributed by atoms with E-state index in [1.165, 1.54) is 18.2 Å². The highest BCUT2D eigenvalue weighted by Crippen LogP contribution is 2.22. The van der Waals surface area contributed by atoms with Crippen molar-refractivity contribution >= 4 is 40.4 Å². The fraction of sp³-hybridized carbons (Fsp3) is 0. The van der Waals surface area contributed by atoms with Gasteiger partial charge in [-0.1, -0.05) is 36.0 Å². The summed E-state index contributed by atoms with van der Waals surface area (Å²) in [7, 11) is 0. The predicted molar refractivity (Wildman–Crippen MR) is 83.4 cm³/mol. The van der Waals surface area contributed by atoms with Gasteiger partial charge in [-0.05, 0) is 30.3 Å². The molecule has 0 saturated heterocycles. The molecule has 2 aromatic carbocycles. The van der Waals surface area contributed by atoms with E-state index in [1.54, 1.807) is 24.3 Å². The van der Waals surface area contributed by atoms with E-state index in [2.05, 4.69) is 5.32 Å². The number of benzene rings is 2. The van der Waals surface area contributed by atoms with Gasteiger partial charge in [-0.25, -0.2) is 0 Å². The zero-order valence-corrected chi connectivity index (χ0v) is 11.8. The molecular formula is C14H11ClN2O2S. The molecule has 2 rings (SSSR count). The number of aromatic hydroxyl groups is 1. The number of halogens is 1. The molecule has 0 spiro atoms. The van der Waals surface area contributed by atoms with E-state index in [-0.39, 0.29) is 21.3 Å². The first-order valence-corrected chi connectivity index (χ1v) is 6.46. The third kappa shape index (κ3) is 3.26. The van der Waals surface area contributed by atoms with Gasteiger partial charge in [0.25, 0.3) is 5.91 Å². The largest absolute Gasteiger partial charge is 0.508 e. The molecule has 0 bridgehead atoms. The van der Waals surface area contributed by atoms with E-state index in [4.69, 9.17) is 29.6 Å². The van der Waals surface area contributed by atoms with Crippen molar-refractivity contribution in [3.05, 3.63) is 58.6 Å². The molecule has 0 saturated carbocycles. The van der Waals surface area contributed by atoms with Crippen LogP contribution in [0.2, 0.25) is 5.02 Å². The molecule has 0 atom stereocenters. The number of nitrogens with one attached hydrogen (secondary N) is 1. The number of anilines is 1. The average Bonchev–Trinajstić information content (AvgIpc) is 2.41. The molecule has 1 amide bonds. The number of phenolic OH excluding ortho intramolecular Hbond substituents is 1.